The van der Waals surface area contributed by atoms with E-state index < -0.39 is 0 Å². The summed E-state index contributed by atoms with van der Waals surface area (Å²) in [7, 11) is 0. The van der Waals surface area contributed by atoms with Crippen LogP contribution >= 0.6 is 11.3 Å². The van der Waals surface area contributed by atoms with Gasteiger partial charge in [0.15, 0.2) is 0 Å². The van der Waals surface area contributed by atoms with Crippen LogP contribution in [-0.2, 0) is 0 Å². The van der Waals surface area contributed by atoms with E-state index in [2.05, 4.69) is 169 Å². The van der Waals surface area contributed by atoms with Gasteiger partial charge in [-0.05, 0) is 76.0 Å². The molecule has 0 saturated carbocycles. The lowest BCUT2D eigenvalue weighted by molar-refractivity contribution is 0.669. The Balaban J connectivity index is 1.18. The Bertz CT molecular complexity index is 2840. The Hall–Kier alpha value is -6.16. The van der Waals surface area contributed by atoms with Crippen LogP contribution in [0.5, 0.6) is 0 Å². The van der Waals surface area contributed by atoms with Gasteiger partial charge in [0.05, 0.1) is 16.1 Å². The number of rotatable bonds is 5. The maximum atomic E-state index is 6.35. The number of fused-ring (bicyclic) bond motifs is 7. The lowest BCUT2D eigenvalue weighted by atomic mass is 9.97. The fourth-order valence-corrected chi connectivity index (χ4v) is 8.60. The van der Waals surface area contributed by atoms with E-state index in [4.69, 9.17) is 4.42 Å². The fourth-order valence-electron chi connectivity index (χ4n) is 7.39. The zero-order valence-corrected chi connectivity index (χ0v) is 27.3. The molecule has 0 unspecified atom stereocenters. The summed E-state index contributed by atoms with van der Waals surface area (Å²) in [6.45, 7) is 0. The summed E-state index contributed by atoms with van der Waals surface area (Å²) in [4.78, 5) is 2.43. The minimum atomic E-state index is 0.895. The van der Waals surface area contributed by atoms with Gasteiger partial charge in [-0.15, -0.1) is 11.3 Å². The maximum absolute atomic E-state index is 6.35. The highest BCUT2D eigenvalue weighted by atomic mass is 32.1. The van der Waals surface area contributed by atoms with Crippen LogP contribution in [-0.4, -0.2) is 0 Å². The maximum Gasteiger partial charge on any atom is 0.136 e. The zero-order chi connectivity index (χ0) is 32.3. The van der Waals surface area contributed by atoms with Gasteiger partial charge in [-0.25, -0.2) is 0 Å². The average molecular weight is 644 g/mol. The molecule has 0 aliphatic rings. The Morgan fingerprint density at radius 3 is 1.96 bits per heavy atom. The molecule has 230 valence electrons. The first-order chi connectivity index (χ1) is 24.3. The summed E-state index contributed by atoms with van der Waals surface area (Å²) in [5, 5.41) is 7.35. The highest BCUT2D eigenvalue weighted by Gasteiger charge is 2.21. The van der Waals surface area contributed by atoms with Crippen molar-refractivity contribution in [1.29, 1.82) is 0 Å². The first kappa shape index (κ1) is 27.9. The molecule has 0 aliphatic carbocycles. The van der Waals surface area contributed by atoms with E-state index in [1.165, 1.54) is 42.1 Å². The number of para-hydroxylation sites is 2. The first-order valence-electron chi connectivity index (χ1n) is 16.6. The summed E-state index contributed by atoms with van der Waals surface area (Å²) < 4.78 is 8.91. The predicted octanol–water partition coefficient (Wildman–Crippen LogP) is 13.9. The molecular formula is C46H29NOS. The van der Waals surface area contributed by atoms with Gasteiger partial charge in [0.2, 0.25) is 0 Å². The molecule has 0 fully saturated rings. The van der Waals surface area contributed by atoms with Crippen molar-refractivity contribution >= 4 is 81.3 Å². The number of anilines is 3. The molecule has 2 aromatic heterocycles. The van der Waals surface area contributed by atoms with Gasteiger partial charge in [-0.1, -0.05) is 127 Å². The highest BCUT2D eigenvalue weighted by Crippen LogP contribution is 2.47. The fraction of sp³-hybridized carbons (Fsp3) is 0. The quantitative estimate of drug-likeness (QED) is 0.186. The molecule has 0 atom stereocenters. The monoisotopic (exact) mass is 643 g/mol. The molecule has 0 amide bonds. The van der Waals surface area contributed by atoms with Crippen molar-refractivity contribution in [2.75, 3.05) is 4.90 Å². The van der Waals surface area contributed by atoms with Crippen molar-refractivity contribution in [3.05, 3.63) is 176 Å². The minimum absolute atomic E-state index is 0.895. The largest absolute Gasteiger partial charge is 0.456 e. The van der Waals surface area contributed by atoms with Crippen LogP contribution in [0.3, 0.4) is 0 Å². The van der Waals surface area contributed by atoms with Crippen molar-refractivity contribution in [3.8, 4) is 22.3 Å². The van der Waals surface area contributed by atoms with E-state index in [-0.39, 0.29) is 0 Å². The van der Waals surface area contributed by atoms with Gasteiger partial charge in [0.25, 0.3) is 0 Å². The molecule has 0 N–H and O–H groups in total. The summed E-state index contributed by atoms with van der Waals surface area (Å²) in [5.74, 6) is 0. The Morgan fingerprint density at radius 2 is 1.04 bits per heavy atom. The van der Waals surface area contributed by atoms with Gasteiger partial charge >= 0.3 is 0 Å². The lowest BCUT2D eigenvalue weighted by Gasteiger charge is -2.28. The molecule has 8 aromatic carbocycles. The van der Waals surface area contributed by atoms with Crippen LogP contribution in [0.2, 0.25) is 0 Å². The first-order valence-corrected chi connectivity index (χ1v) is 17.4. The molecule has 10 rings (SSSR count). The van der Waals surface area contributed by atoms with E-state index in [1.807, 2.05) is 23.5 Å². The Morgan fingerprint density at radius 1 is 0.408 bits per heavy atom. The molecule has 49 heavy (non-hydrogen) atoms. The van der Waals surface area contributed by atoms with Crippen LogP contribution in [0.4, 0.5) is 17.1 Å². The van der Waals surface area contributed by atoms with E-state index in [0.29, 0.717) is 0 Å². The van der Waals surface area contributed by atoms with Gasteiger partial charge in [-0.2, -0.15) is 0 Å². The molecule has 2 nitrogen and oxygen atoms in total. The second-order valence-electron chi connectivity index (χ2n) is 12.5. The zero-order valence-electron chi connectivity index (χ0n) is 26.5. The standard InChI is InChI=1S/C46H29NOS/c1-2-13-34-30(11-1)12-9-17-35(34)31-23-26-33(27-24-31)47(42-20-10-18-40-39-16-5-8-22-45(39)49-46(40)42)41-19-6-3-14-36(41)32-25-28-38-37-15-4-7-21-43(37)48-44(38)29-32/h1-29H. The lowest BCUT2D eigenvalue weighted by Crippen LogP contribution is -2.11. The van der Waals surface area contributed by atoms with Crippen LogP contribution < -0.4 is 4.90 Å². The molecule has 0 aliphatic heterocycles. The molecule has 2 heterocycles. The van der Waals surface area contributed by atoms with Crippen molar-refractivity contribution in [2.45, 2.75) is 0 Å². The van der Waals surface area contributed by atoms with Gasteiger partial charge in [-0.3, -0.25) is 0 Å². The second-order valence-corrected chi connectivity index (χ2v) is 13.5. The molecule has 0 saturated heterocycles. The van der Waals surface area contributed by atoms with Crippen molar-refractivity contribution in [1.82, 2.24) is 0 Å². The van der Waals surface area contributed by atoms with E-state index >= 15 is 0 Å². The van der Waals surface area contributed by atoms with Crippen LogP contribution in [0, 0.1) is 0 Å². The molecule has 10 aromatic rings. The van der Waals surface area contributed by atoms with Crippen LogP contribution in [0.15, 0.2) is 180 Å². The average Bonchev–Trinajstić information content (AvgIpc) is 3.74. The van der Waals surface area contributed by atoms with Gasteiger partial charge < -0.3 is 9.32 Å². The van der Waals surface area contributed by atoms with E-state index in [1.54, 1.807) is 0 Å². The summed E-state index contributed by atoms with van der Waals surface area (Å²) in [5.41, 5.74) is 9.87. The van der Waals surface area contributed by atoms with E-state index in [0.717, 1.165) is 50.1 Å². The third-order valence-corrected chi connectivity index (χ3v) is 10.9. The van der Waals surface area contributed by atoms with E-state index in [9.17, 15) is 0 Å². The van der Waals surface area contributed by atoms with Crippen LogP contribution in [0.1, 0.15) is 0 Å². The number of thiophene rings is 1. The molecular weight excluding hydrogens is 615 g/mol. The second kappa shape index (κ2) is 11.2. The minimum Gasteiger partial charge on any atom is -0.456 e. The number of hydrogen-bond acceptors (Lipinski definition) is 3. The number of hydrogen-bond donors (Lipinski definition) is 0. The summed E-state index contributed by atoms with van der Waals surface area (Å²) >= 11 is 1.86. The third kappa shape index (κ3) is 4.55. The van der Waals surface area contributed by atoms with Crippen LogP contribution in [0.25, 0.3) is 75.1 Å². The predicted molar refractivity (Wildman–Crippen MR) is 210 cm³/mol. The number of benzene rings is 8. The molecule has 3 heteroatoms. The number of furan rings is 1. The summed E-state index contributed by atoms with van der Waals surface area (Å²) in [6, 6.07) is 63.3. The van der Waals surface area contributed by atoms with Crippen molar-refractivity contribution in [2.24, 2.45) is 0 Å². The Kier molecular flexibility index (Phi) is 6.39. The normalized spacial score (nSPS) is 11.7. The SMILES string of the molecule is c1ccc(N(c2ccc(-c3cccc4ccccc34)cc2)c2cccc3c2sc2ccccc23)c(-c2ccc3c(c2)oc2ccccc23)c1. The number of nitrogens with zero attached hydrogens (tertiary/aromatic N) is 1. The summed E-state index contributed by atoms with van der Waals surface area (Å²) in [6.07, 6.45) is 0. The smallest absolute Gasteiger partial charge is 0.136 e. The third-order valence-electron chi connectivity index (χ3n) is 9.69. The van der Waals surface area contributed by atoms with Gasteiger partial charge in [0.1, 0.15) is 11.2 Å². The Labute approximate surface area is 287 Å². The molecule has 0 radical (unpaired) electrons. The molecule has 0 spiro atoms. The van der Waals surface area contributed by atoms with Crippen molar-refractivity contribution < 1.29 is 4.42 Å². The topological polar surface area (TPSA) is 16.4 Å². The van der Waals surface area contributed by atoms with Crippen molar-refractivity contribution in [3.63, 3.8) is 0 Å². The molecule has 0 bridgehead atoms. The highest BCUT2D eigenvalue weighted by molar-refractivity contribution is 7.26. The van der Waals surface area contributed by atoms with Gasteiger partial charge in [0, 0.05) is 37.5 Å².